The van der Waals surface area contributed by atoms with Gasteiger partial charge in [-0.2, -0.15) is 9.97 Å². The molecule has 2 N–H and O–H groups in total. The number of imidazole rings is 1. The van der Waals surface area contributed by atoms with Gasteiger partial charge in [-0.1, -0.05) is 44.2 Å². The van der Waals surface area contributed by atoms with Crippen LogP contribution in [0.25, 0.3) is 11.2 Å². The molecule has 8 nitrogen and oxygen atoms in total. The van der Waals surface area contributed by atoms with E-state index in [4.69, 9.17) is 0 Å². The number of aliphatic hydroxyl groups excluding tert-OH is 1. The van der Waals surface area contributed by atoms with Crippen LogP contribution < -0.4 is 5.32 Å². The Kier molecular flexibility index (Phi) is 6.18. The summed E-state index contributed by atoms with van der Waals surface area (Å²) in [5, 5.41) is 12.6. The highest BCUT2D eigenvalue weighted by atomic mass is 32.2. The van der Waals surface area contributed by atoms with E-state index in [1.165, 1.54) is 0 Å². The summed E-state index contributed by atoms with van der Waals surface area (Å²) in [6.07, 6.45) is 1.63. The van der Waals surface area contributed by atoms with Gasteiger partial charge in [-0.3, -0.25) is 0 Å². The molecule has 3 rings (SSSR count). The second-order valence-corrected chi connectivity index (χ2v) is 9.58. The van der Waals surface area contributed by atoms with Gasteiger partial charge in [0.1, 0.15) is 0 Å². The zero-order chi connectivity index (χ0) is 21.2. The number of aliphatic hydroxyl groups is 1. The molecule has 0 bridgehead atoms. The van der Waals surface area contributed by atoms with Gasteiger partial charge >= 0.3 is 0 Å². The van der Waals surface area contributed by atoms with E-state index in [1.54, 1.807) is 30.6 Å². The number of hydrogen-bond donors (Lipinski definition) is 2. The molecule has 0 unspecified atom stereocenters. The molecule has 2 heterocycles. The van der Waals surface area contributed by atoms with Gasteiger partial charge in [0.15, 0.2) is 17.0 Å². The first-order valence-corrected chi connectivity index (χ1v) is 11.3. The first kappa shape index (κ1) is 21.2. The fourth-order valence-corrected chi connectivity index (χ4v) is 4.19. The third-order valence-electron chi connectivity index (χ3n) is 4.76. The molecular weight excluding hydrogens is 390 g/mol. The first-order chi connectivity index (χ1) is 13.7. The Bertz CT molecular complexity index is 1080. The number of fused-ring (bicyclic) bond motifs is 1. The number of sulfone groups is 1. The molecule has 0 amide bonds. The molecule has 0 spiro atoms. The number of aromatic nitrogens is 4. The molecule has 1 atom stereocenters. The normalized spacial score (nSPS) is 13.3. The zero-order valence-electron chi connectivity index (χ0n) is 17.1. The van der Waals surface area contributed by atoms with E-state index in [2.05, 4.69) is 20.3 Å². The van der Waals surface area contributed by atoms with E-state index >= 15 is 0 Å². The Morgan fingerprint density at radius 3 is 2.38 bits per heavy atom. The highest BCUT2D eigenvalue weighted by molar-refractivity contribution is 7.90. The minimum atomic E-state index is -3.78. The average Bonchev–Trinajstić information content (AvgIpc) is 3.10. The number of anilines is 1. The molecule has 1 aromatic carbocycles. The summed E-state index contributed by atoms with van der Waals surface area (Å²) >= 11 is 0. The van der Waals surface area contributed by atoms with E-state index in [9.17, 15) is 13.5 Å². The summed E-state index contributed by atoms with van der Waals surface area (Å²) < 4.78 is 27.9. The van der Waals surface area contributed by atoms with Crippen molar-refractivity contribution < 1.29 is 13.5 Å². The third-order valence-corrected chi connectivity index (χ3v) is 6.21. The number of rotatable bonds is 8. The smallest absolute Gasteiger partial charge is 0.251 e. The molecule has 0 radical (unpaired) electrons. The van der Waals surface area contributed by atoms with E-state index in [-0.39, 0.29) is 35.5 Å². The fourth-order valence-electron chi connectivity index (χ4n) is 2.97. The van der Waals surface area contributed by atoms with E-state index in [0.29, 0.717) is 22.5 Å². The maximum Gasteiger partial charge on any atom is 0.251 e. The zero-order valence-corrected chi connectivity index (χ0v) is 17.9. The van der Waals surface area contributed by atoms with Crippen LogP contribution in [-0.2, 0) is 15.6 Å². The lowest BCUT2D eigenvalue weighted by Gasteiger charge is -2.21. The van der Waals surface area contributed by atoms with Crippen LogP contribution in [0, 0.1) is 5.92 Å². The van der Waals surface area contributed by atoms with Crippen molar-refractivity contribution in [3.63, 3.8) is 0 Å². The van der Waals surface area contributed by atoms with Crippen molar-refractivity contribution in [2.45, 2.75) is 50.7 Å². The predicted molar refractivity (Wildman–Crippen MR) is 112 cm³/mol. The second kappa shape index (κ2) is 8.46. The van der Waals surface area contributed by atoms with Gasteiger partial charge in [0.25, 0.3) is 5.16 Å². The second-order valence-electron chi connectivity index (χ2n) is 7.69. The lowest BCUT2D eigenvalue weighted by molar-refractivity contribution is 0.249. The van der Waals surface area contributed by atoms with Crippen LogP contribution in [0.3, 0.4) is 0 Å². The van der Waals surface area contributed by atoms with Crippen molar-refractivity contribution in [3.8, 4) is 0 Å². The lowest BCUT2D eigenvalue weighted by atomic mass is 10.1. The summed E-state index contributed by atoms with van der Waals surface area (Å²) in [5.74, 6) is 0.234. The fraction of sp³-hybridized carbons (Fsp3) is 0.450. The predicted octanol–water partition coefficient (Wildman–Crippen LogP) is 2.81. The summed E-state index contributed by atoms with van der Waals surface area (Å²) in [5.41, 5.74) is 1.60. The number of nitrogens with one attached hydrogen (secondary N) is 1. The molecule has 3 aromatic rings. The molecule has 0 fully saturated rings. The SMILES string of the molecule is CC(C)[C@H](CO)Nc1nc(S(=O)(=O)Cc2ccccc2)nc2c1ncn2C(C)C. The molecule has 0 saturated heterocycles. The summed E-state index contributed by atoms with van der Waals surface area (Å²) in [4.78, 5) is 13.1. The van der Waals surface area contributed by atoms with Crippen molar-refractivity contribution in [2.75, 3.05) is 11.9 Å². The van der Waals surface area contributed by atoms with Crippen molar-refractivity contribution in [2.24, 2.45) is 5.92 Å². The summed E-state index contributed by atoms with van der Waals surface area (Å²) in [6, 6.07) is 8.70. The quantitative estimate of drug-likeness (QED) is 0.542. The van der Waals surface area contributed by atoms with Gasteiger partial charge in [-0.25, -0.2) is 13.4 Å². The Morgan fingerprint density at radius 2 is 1.79 bits per heavy atom. The van der Waals surface area contributed by atoms with Gasteiger partial charge < -0.3 is 15.0 Å². The monoisotopic (exact) mass is 417 g/mol. The maximum atomic E-state index is 13.1. The lowest BCUT2D eigenvalue weighted by Crippen LogP contribution is -2.30. The Labute approximate surface area is 171 Å². The highest BCUT2D eigenvalue weighted by Gasteiger charge is 2.25. The summed E-state index contributed by atoms with van der Waals surface area (Å²) in [7, 11) is -3.78. The maximum absolute atomic E-state index is 13.1. The number of benzene rings is 1. The molecule has 2 aromatic heterocycles. The van der Waals surface area contributed by atoms with Crippen molar-refractivity contribution in [1.29, 1.82) is 0 Å². The number of hydrogen-bond acceptors (Lipinski definition) is 7. The van der Waals surface area contributed by atoms with Gasteiger partial charge in [0, 0.05) is 6.04 Å². The van der Waals surface area contributed by atoms with Crippen molar-refractivity contribution >= 4 is 26.8 Å². The van der Waals surface area contributed by atoms with Gasteiger partial charge in [-0.15, -0.1) is 0 Å². The average molecular weight is 418 g/mol. The molecule has 29 heavy (non-hydrogen) atoms. The topological polar surface area (TPSA) is 110 Å². The molecule has 156 valence electrons. The van der Waals surface area contributed by atoms with E-state index in [0.717, 1.165) is 0 Å². The van der Waals surface area contributed by atoms with Crippen LogP contribution in [0.2, 0.25) is 0 Å². The van der Waals surface area contributed by atoms with E-state index < -0.39 is 9.84 Å². The minimum Gasteiger partial charge on any atom is -0.394 e. The van der Waals surface area contributed by atoms with Crippen molar-refractivity contribution in [3.05, 3.63) is 42.2 Å². The first-order valence-electron chi connectivity index (χ1n) is 9.61. The van der Waals surface area contributed by atoms with Crippen LogP contribution in [0.5, 0.6) is 0 Å². The number of nitrogens with zero attached hydrogens (tertiary/aromatic N) is 4. The van der Waals surface area contributed by atoms with E-state index in [1.807, 2.05) is 38.3 Å². The van der Waals surface area contributed by atoms with Crippen LogP contribution >= 0.6 is 0 Å². The van der Waals surface area contributed by atoms with Crippen LogP contribution in [0.4, 0.5) is 5.82 Å². The molecular formula is C20H27N5O3S. The van der Waals surface area contributed by atoms with Crippen LogP contribution in [-0.4, -0.2) is 45.7 Å². The highest BCUT2D eigenvalue weighted by Crippen LogP contribution is 2.26. The summed E-state index contributed by atoms with van der Waals surface area (Å²) in [6.45, 7) is 7.76. The third kappa shape index (κ3) is 4.56. The largest absolute Gasteiger partial charge is 0.394 e. The van der Waals surface area contributed by atoms with Gasteiger partial charge in [-0.05, 0) is 25.3 Å². The molecule has 9 heteroatoms. The van der Waals surface area contributed by atoms with Gasteiger partial charge in [0.2, 0.25) is 9.84 Å². The standard InChI is InChI=1S/C20H27N5O3S/c1-13(2)16(10-26)22-18-17-19(25(12-21-17)14(3)4)24-20(23-18)29(27,28)11-15-8-6-5-7-9-15/h5-9,12-14,16,26H,10-11H2,1-4H3,(H,22,23,24)/t16-/m0/s1. The van der Waals surface area contributed by atoms with Crippen molar-refractivity contribution in [1.82, 2.24) is 19.5 Å². The molecule has 0 aliphatic heterocycles. The Hall–Kier alpha value is -2.52. The minimum absolute atomic E-state index is 0.0474. The molecule has 0 aliphatic carbocycles. The van der Waals surface area contributed by atoms with Gasteiger partial charge in [0.05, 0.1) is 24.7 Å². The van der Waals surface area contributed by atoms with Crippen LogP contribution in [0.15, 0.2) is 41.8 Å². The molecule has 0 saturated carbocycles. The molecule has 0 aliphatic rings. The van der Waals surface area contributed by atoms with Crippen LogP contribution in [0.1, 0.15) is 39.3 Å². The Morgan fingerprint density at radius 1 is 1.10 bits per heavy atom. The Balaban J connectivity index is 2.13.